The fraction of sp³-hybridized carbons (Fsp3) is 0.182. The first kappa shape index (κ1) is 17.5. The van der Waals surface area contributed by atoms with Gasteiger partial charge < -0.3 is 13.9 Å². The number of furan rings is 2. The van der Waals surface area contributed by atoms with Gasteiger partial charge in [0, 0.05) is 13.1 Å². The number of nitrogens with zero attached hydrogens (tertiary/aromatic N) is 4. The Labute approximate surface area is 175 Å². The van der Waals surface area contributed by atoms with E-state index in [0.29, 0.717) is 16.5 Å². The third-order valence-corrected chi connectivity index (χ3v) is 6.60. The Morgan fingerprint density at radius 3 is 2.60 bits per heavy atom. The Hall–Kier alpha value is -3.36. The minimum absolute atomic E-state index is 0.0839. The van der Waals surface area contributed by atoms with Crippen molar-refractivity contribution in [3.8, 4) is 17.5 Å². The highest BCUT2D eigenvalue weighted by molar-refractivity contribution is 7.17. The average molecular weight is 418 g/mol. The first-order valence-corrected chi connectivity index (χ1v) is 10.6. The number of fused-ring (bicyclic) bond motifs is 2. The first-order chi connectivity index (χ1) is 14.8. The SMILES string of the molecule is Oc1c([C@H](c2ccco2)N2CCc3ccccc3C2)sc2nc(-c3ccco3)nn12. The molecular weight excluding hydrogens is 400 g/mol. The average Bonchev–Trinajstić information content (AvgIpc) is 3.56. The van der Waals surface area contributed by atoms with Crippen LogP contribution < -0.4 is 0 Å². The van der Waals surface area contributed by atoms with Crippen LogP contribution >= 0.6 is 11.3 Å². The number of benzene rings is 1. The van der Waals surface area contributed by atoms with E-state index in [2.05, 4.69) is 39.2 Å². The molecule has 5 heterocycles. The molecule has 4 aromatic heterocycles. The molecule has 0 aliphatic carbocycles. The Bertz CT molecular complexity index is 1300. The van der Waals surface area contributed by atoms with Crippen molar-refractivity contribution in [3.63, 3.8) is 0 Å². The van der Waals surface area contributed by atoms with E-state index in [4.69, 9.17) is 8.83 Å². The van der Waals surface area contributed by atoms with Crippen molar-refractivity contribution in [2.24, 2.45) is 0 Å². The summed E-state index contributed by atoms with van der Waals surface area (Å²) in [6, 6.07) is 15.7. The van der Waals surface area contributed by atoms with Crippen molar-refractivity contribution in [3.05, 3.63) is 82.8 Å². The molecule has 6 rings (SSSR count). The van der Waals surface area contributed by atoms with E-state index in [-0.39, 0.29) is 11.9 Å². The molecule has 0 spiro atoms. The number of rotatable bonds is 4. The molecule has 0 fully saturated rings. The molecule has 8 heteroatoms. The van der Waals surface area contributed by atoms with E-state index in [9.17, 15) is 5.11 Å². The van der Waals surface area contributed by atoms with Gasteiger partial charge in [-0.25, -0.2) is 0 Å². The van der Waals surface area contributed by atoms with Gasteiger partial charge in [0.25, 0.3) is 0 Å². The Kier molecular flexibility index (Phi) is 4.00. The highest BCUT2D eigenvalue weighted by Crippen LogP contribution is 2.42. The summed E-state index contributed by atoms with van der Waals surface area (Å²) in [4.78, 5) is 8.26. The van der Waals surface area contributed by atoms with Gasteiger partial charge in [-0.3, -0.25) is 4.90 Å². The highest BCUT2D eigenvalue weighted by Gasteiger charge is 2.33. The summed E-state index contributed by atoms with van der Waals surface area (Å²) in [5, 5.41) is 15.5. The standard InChI is InChI=1S/C22H18N4O3S/c27-21-19(30-22-23-20(24-26(21)22)17-8-4-12-29-17)18(16-7-3-11-28-16)25-10-9-14-5-1-2-6-15(14)13-25/h1-8,11-12,18,27H,9-10,13H2/t18-/m0/s1. The number of aromatic hydroxyl groups is 1. The molecule has 0 unspecified atom stereocenters. The predicted octanol–water partition coefficient (Wildman–Crippen LogP) is 4.50. The van der Waals surface area contributed by atoms with E-state index in [1.54, 1.807) is 24.7 Å². The monoisotopic (exact) mass is 418 g/mol. The molecule has 1 N–H and O–H groups in total. The van der Waals surface area contributed by atoms with E-state index in [1.165, 1.54) is 27.0 Å². The maximum absolute atomic E-state index is 11.1. The fourth-order valence-electron chi connectivity index (χ4n) is 4.10. The predicted molar refractivity (Wildman–Crippen MR) is 111 cm³/mol. The second-order valence-corrected chi connectivity index (χ2v) is 8.31. The largest absolute Gasteiger partial charge is 0.492 e. The zero-order chi connectivity index (χ0) is 20.1. The minimum Gasteiger partial charge on any atom is -0.492 e. The third kappa shape index (κ3) is 2.76. The van der Waals surface area contributed by atoms with E-state index >= 15 is 0 Å². The molecule has 150 valence electrons. The Morgan fingerprint density at radius 2 is 1.83 bits per heavy atom. The zero-order valence-electron chi connectivity index (χ0n) is 15.9. The minimum atomic E-state index is -0.214. The number of aromatic nitrogens is 3. The van der Waals surface area contributed by atoms with E-state index in [1.807, 2.05) is 12.1 Å². The Morgan fingerprint density at radius 1 is 1.00 bits per heavy atom. The van der Waals surface area contributed by atoms with E-state index in [0.717, 1.165) is 30.1 Å². The molecule has 7 nitrogen and oxygen atoms in total. The molecule has 1 aliphatic rings. The van der Waals surface area contributed by atoms with Gasteiger partial charge in [0.05, 0.1) is 17.4 Å². The molecule has 0 radical (unpaired) electrons. The van der Waals surface area contributed by atoms with Gasteiger partial charge in [-0.1, -0.05) is 35.6 Å². The van der Waals surface area contributed by atoms with Gasteiger partial charge >= 0.3 is 0 Å². The summed E-state index contributed by atoms with van der Waals surface area (Å²) in [5.74, 6) is 1.90. The summed E-state index contributed by atoms with van der Waals surface area (Å²) in [5.41, 5.74) is 2.68. The second kappa shape index (κ2) is 6.86. The lowest BCUT2D eigenvalue weighted by Crippen LogP contribution is -2.34. The van der Waals surface area contributed by atoms with Gasteiger partial charge in [-0.05, 0) is 41.8 Å². The second-order valence-electron chi connectivity index (χ2n) is 7.30. The topological polar surface area (TPSA) is 79.9 Å². The van der Waals surface area contributed by atoms with Crippen molar-refractivity contribution in [2.45, 2.75) is 19.0 Å². The molecule has 1 aromatic carbocycles. The third-order valence-electron chi connectivity index (χ3n) is 5.53. The molecular formula is C22H18N4O3S. The number of thiazole rings is 1. The molecule has 0 bridgehead atoms. The lowest BCUT2D eigenvalue weighted by atomic mass is 9.97. The summed E-state index contributed by atoms with van der Waals surface area (Å²) in [6.07, 6.45) is 4.21. The van der Waals surface area contributed by atoms with Gasteiger partial charge in [-0.2, -0.15) is 9.50 Å². The zero-order valence-corrected chi connectivity index (χ0v) is 16.7. The van der Waals surface area contributed by atoms with Crippen molar-refractivity contribution in [2.75, 3.05) is 6.54 Å². The van der Waals surface area contributed by atoms with Crippen molar-refractivity contribution in [1.82, 2.24) is 19.5 Å². The highest BCUT2D eigenvalue weighted by atomic mass is 32.1. The van der Waals surface area contributed by atoms with Crippen LogP contribution in [0.15, 0.2) is 69.9 Å². The van der Waals surface area contributed by atoms with Crippen LogP contribution in [0.3, 0.4) is 0 Å². The van der Waals surface area contributed by atoms with Crippen LogP contribution in [0.4, 0.5) is 0 Å². The number of hydrogen-bond donors (Lipinski definition) is 1. The summed E-state index contributed by atoms with van der Waals surface area (Å²) in [6.45, 7) is 1.65. The smallest absolute Gasteiger partial charge is 0.230 e. The van der Waals surface area contributed by atoms with Crippen LogP contribution in [-0.4, -0.2) is 31.1 Å². The first-order valence-electron chi connectivity index (χ1n) is 9.74. The van der Waals surface area contributed by atoms with Gasteiger partial charge in [0.1, 0.15) is 11.8 Å². The molecule has 5 aromatic rings. The van der Waals surface area contributed by atoms with Crippen LogP contribution in [0, 0.1) is 0 Å². The lowest BCUT2D eigenvalue weighted by Gasteiger charge is -2.34. The van der Waals surface area contributed by atoms with Crippen LogP contribution in [0.5, 0.6) is 5.88 Å². The van der Waals surface area contributed by atoms with Gasteiger partial charge in [0.15, 0.2) is 5.76 Å². The molecule has 30 heavy (non-hydrogen) atoms. The Balaban J connectivity index is 1.43. The maximum Gasteiger partial charge on any atom is 0.230 e. The molecule has 0 amide bonds. The van der Waals surface area contributed by atoms with Crippen LogP contribution in [-0.2, 0) is 13.0 Å². The van der Waals surface area contributed by atoms with Gasteiger partial charge in [-0.15, -0.1) is 5.10 Å². The van der Waals surface area contributed by atoms with Crippen LogP contribution in [0.1, 0.15) is 27.8 Å². The van der Waals surface area contributed by atoms with Crippen molar-refractivity contribution in [1.29, 1.82) is 0 Å². The van der Waals surface area contributed by atoms with E-state index < -0.39 is 0 Å². The van der Waals surface area contributed by atoms with Crippen molar-refractivity contribution < 1.29 is 13.9 Å². The van der Waals surface area contributed by atoms with Crippen molar-refractivity contribution >= 4 is 16.3 Å². The molecule has 0 saturated carbocycles. The lowest BCUT2D eigenvalue weighted by molar-refractivity contribution is 0.185. The molecule has 0 saturated heterocycles. The quantitative estimate of drug-likeness (QED) is 0.463. The molecule has 1 atom stereocenters. The summed E-state index contributed by atoms with van der Waals surface area (Å²) < 4.78 is 12.7. The number of hydrogen-bond acceptors (Lipinski definition) is 7. The maximum atomic E-state index is 11.1. The van der Waals surface area contributed by atoms with Crippen LogP contribution in [0.25, 0.3) is 16.5 Å². The van der Waals surface area contributed by atoms with Crippen LogP contribution in [0.2, 0.25) is 0 Å². The molecule has 1 aliphatic heterocycles. The van der Waals surface area contributed by atoms with Gasteiger partial charge in [0.2, 0.25) is 16.7 Å². The normalized spacial score (nSPS) is 15.5. The fourth-order valence-corrected chi connectivity index (χ4v) is 5.20. The summed E-state index contributed by atoms with van der Waals surface area (Å²) in [7, 11) is 0. The summed E-state index contributed by atoms with van der Waals surface area (Å²) >= 11 is 1.42.